The van der Waals surface area contributed by atoms with Gasteiger partial charge in [-0.1, -0.05) is 22.1 Å². The number of H-pyrrole nitrogens is 1. The highest BCUT2D eigenvalue weighted by molar-refractivity contribution is 5.79. The van der Waals surface area contributed by atoms with E-state index >= 15 is 0 Å². The number of hydrogen-bond acceptors (Lipinski definition) is 8. The zero-order valence-electron chi connectivity index (χ0n) is 23.8. The minimum absolute atomic E-state index is 0.233. The maximum atomic E-state index is 6.32. The van der Waals surface area contributed by atoms with E-state index in [-0.39, 0.29) is 6.10 Å². The first kappa shape index (κ1) is 27.5. The minimum Gasteiger partial charge on any atom is -0.493 e. The van der Waals surface area contributed by atoms with Crippen LogP contribution >= 0.6 is 0 Å². The SMILES string of the molecule is COc1ccc(COC(C)(C)c2nc3c([nH]2)c(N)nc[n+]3Cc2ccc(OC)c(OC3CCCC3)c2)cc1OC. The Bertz CT molecular complexity index is 1480. The van der Waals surface area contributed by atoms with Gasteiger partial charge in [-0.3, -0.25) is 0 Å². The summed E-state index contributed by atoms with van der Waals surface area (Å²) in [6.45, 7) is 4.82. The van der Waals surface area contributed by atoms with Gasteiger partial charge in [0.15, 0.2) is 28.5 Å². The Labute approximate surface area is 234 Å². The number of rotatable bonds is 11. The maximum Gasteiger partial charge on any atom is 0.294 e. The summed E-state index contributed by atoms with van der Waals surface area (Å²) >= 11 is 0. The fourth-order valence-electron chi connectivity index (χ4n) is 5.00. The third-order valence-corrected chi connectivity index (χ3v) is 7.34. The molecule has 1 aliphatic carbocycles. The minimum atomic E-state index is -0.737. The number of methoxy groups -OCH3 is 3. The summed E-state index contributed by atoms with van der Waals surface area (Å²) in [5, 5.41) is 0. The average molecular weight is 549 g/mol. The van der Waals surface area contributed by atoms with Crippen LogP contribution in [0.1, 0.15) is 56.5 Å². The Kier molecular flexibility index (Phi) is 7.97. The van der Waals surface area contributed by atoms with E-state index in [1.807, 2.05) is 54.8 Å². The lowest BCUT2D eigenvalue weighted by Gasteiger charge is -2.21. The number of imidazole rings is 1. The number of nitrogen functional groups attached to an aromatic ring is 1. The number of hydrogen-bond donors (Lipinski definition) is 2. The number of anilines is 1. The first-order valence-electron chi connectivity index (χ1n) is 13.5. The molecule has 10 heteroatoms. The fourth-order valence-corrected chi connectivity index (χ4v) is 5.00. The van der Waals surface area contributed by atoms with E-state index in [2.05, 4.69) is 9.97 Å². The lowest BCUT2D eigenvalue weighted by atomic mass is 10.1. The molecule has 1 aliphatic rings. The zero-order valence-corrected chi connectivity index (χ0v) is 23.8. The predicted molar refractivity (Wildman–Crippen MR) is 151 cm³/mol. The quantitative estimate of drug-likeness (QED) is 0.260. The van der Waals surface area contributed by atoms with Crippen molar-refractivity contribution in [3.63, 3.8) is 0 Å². The summed E-state index contributed by atoms with van der Waals surface area (Å²) in [4.78, 5) is 12.7. The fraction of sp³-hybridized carbons (Fsp3) is 0.433. The van der Waals surface area contributed by atoms with Gasteiger partial charge in [-0.15, -0.1) is 0 Å². The van der Waals surface area contributed by atoms with Gasteiger partial charge in [0, 0.05) is 0 Å². The van der Waals surface area contributed by atoms with Gasteiger partial charge in [-0.25, -0.2) is 4.57 Å². The number of nitrogens with zero attached hydrogens (tertiary/aromatic N) is 3. The lowest BCUT2D eigenvalue weighted by molar-refractivity contribution is -0.667. The van der Waals surface area contributed by atoms with Crippen molar-refractivity contribution >= 4 is 17.0 Å². The summed E-state index contributed by atoms with van der Waals surface area (Å²) in [6, 6.07) is 11.7. The molecule has 0 radical (unpaired) electrons. The molecule has 2 aromatic carbocycles. The second-order valence-electron chi connectivity index (χ2n) is 10.5. The van der Waals surface area contributed by atoms with Crippen LogP contribution in [0.15, 0.2) is 42.7 Å². The van der Waals surface area contributed by atoms with Crippen molar-refractivity contribution in [1.29, 1.82) is 0 Å². The smallest absolute Gasteiger partial charge is 0.294 e. The molecular formula is C30H38N5O5+. The maximum absolute atomic E-state index is 6.32. The first-order chi connectivity index (χ1) is 19.3. The highest BCUT2D eigenvalue weighted by Crippen LogP contribution is 2.33. The predicted octanol–water partition coefficient (Wildman–Crippen LogP) is 4.68. The van der Waals surface area contributed by atoms with E-state index in [1.165, 1.54) is 12.8 Å². The molecule has 10 nitrogen and oxygen atoms in total. The molecule has 3 N–H and O–H groups in total. The number of ether oxygens (including phenoxy) is 5. The molecule has 1 saturated carbocycles. The van der Waals surface area contributed by atoms with Crippen LogP contribution < -0.4 is 29.2 Å². The molecule has 0 saturated heterocycles. The lowest BCUT2D eigenvalue weighted by Crippen LogP contribution is -2.36. The van der Waals surface area contributed by atoms with Gasteiger partial charge < -0.3 is 34.4 Å². The Morgan fingerprint density at radius 2 is 1.57 bits per heavy atom. The Balaban J connectivity index is 1.38. The Hall–Kier alpha value is -4.05. The number of aromatic nitrogens is 4. The zero-order chi connectivity index (χ0) is 28.3. The van der Waals surface area contributed by atoms with Gasteiger partial charge in [0.2, 0.25) is 18.0 Å². The van der Waals surface area contributed by atoms with Crippen molar-refractivity contribution in [3.05, 3.63) is 59.7 Å². The van der Waals surface area contributed by atoms with Crippen LogP contribution in [0.5, 0.6) is 23.0 Å². The molecule has 40 heavy (non-hydrogen) atoms. The summed E-state index contributed by atoms with van der Waals surface area (Å²) in [7, 11) is 4.90. The van der Waals surface area contributed by atoms with Gasteiger partial charge in [0.25, 0.3) is 5.65 Å². The average Bonchev–Trinajstić information content (AvgIpc) is 3.65. The second-order valence-corrected chi connectivity index (χ2v) is 10.5. The van der Waals surface area contributed by atoms with Crippen LogP contribution in [-0.4, -0.2) is 42.4 Å². The van der Waals surface area contributed by atoms with Crippen LogP contribution in [0.25, 0.3) is 11.2 Å². The van der Waals surface area contributed by atoms with Crippen LogP contribution in [-0.2, 0) is 23.5 Å². The third kappa shape index (κ3) is 5.77. The van der Waals surface area contributed by atoms with Crippen molar-refractivity contribution in [2.24, 2.45) is 0 Å². The number of nitrogens with two attached hydrogens (primary N) is 1. The molecule has 0 aliphatic heterocycles. The van der Waals surface area contributed by atoms with Crippen molar-refractivity contribution in [2.45, 2.75) is 64.4 Å². The molecule has 212 valence electrons. The normalized spacial score (nSPS) is 14.0. The van der Waals surface area contributed by atoms with Crippen molar-refractivity contribution in [2.75, 3.05) is 27.1 Å². The van der Waals surface area contributed by atoms with E-state index < -0.39 is 5.60 Å². The molecular weight excluding hydrogens is 510 g/mol. The first-order valence-corrected chi connectivity index (χ1v) is 13.5. The largest absolute Gasteiger partial charge is 0.493 e. The van der Waals surface area contributed by atoms with E-state index in [9.17, 15) is 0 Å². The van der Waals surface area contributed by atoms with Crippen molar-refractivity contribution in [1.82, 2.24) is 15.0 Å². The van der Waals surface area contributed by atoms with E-state index in [0.29, 0.717) is 47.5 Å². The molecule has 2 aromatic heterocycles. The van der Waals surface area contributed by atoms with Gasteiger partial charge >= 0.3 is 0 Å². The van der Waals surface area contributed by atoms with E-state index in [0.717, 1.165) is 35.5 Å². The van der Waals surface area contributed by atoms with E-state index in [4.69, 9.17) is 34.4 Å². The molecule has 0 spiro atoms. The summed E-state index contributed by atoms with van der Waals surface area (Å²) in [6.07, 6.45) is 6.49. The summed E-state index contributed by atoms with van der Waals surface area (Å²) < 4.78 is 30.9. The van der Waals surface area contributed by atoms with Gasteiger partial charge in [-0.2, -0.15) is 0 Å². The molecule has 2 heterocycles. The molecule has 0 atom stereocenters. The van der Waals surface area contributed by atoms with Crippen LogP contribution in [0.2, 0.25) is 0 Å². The van der Waals surface area contributed by atoms with Crippen LogP contribution in [0, 0.1) is 0 Å². The number of nitrogens with one attached hydrogen (secondary N) is 1. The Morgan fingerprint density at radius 1 is 0.925 bits per heavy atom. The molecule has 0 bridgehead atoms. The van der Waals surface area contributed by atoms with Gasteiger partial charge in [0.1, 0.15) is 5.60 Å². The molecule has 1 fully saturated rings. The Morgan fingerprint density at radius 3 is 2.27 bits per heavy atom. The molecule has 5 rings (SSSR count). The standard InChI is InChI=1S/C30H37N5O5/c1-30(2,39-17-20-11-13-22(36-3)24(15-20)38-5)29-33-26-27(31)32-18-35(28(26)34-29)16-19-10-12-23(37-4)25(14-19)40-21-8-6-7-9-21/h10-15,18,21H,6-9,16-17H2,1-5H3,(H2,31,33,34)/p+1. The highest BCUT2D eigenvalue weighted by Gasteiger charge is 2.31. The van der Waals surface area contributed by atoms with Crippen molar-refractivity contribution < 1.29 is 28.3 Å². The van der Waals surface area contributed by atoms with Crippen LogP contribution in [0.4, 0.5) is 5.82 Å². The van der Waals surface area contributed by atoms with E-state index in [1.54, 1.807) is 27.7 Å². The summed E-state index contributed by atoms with van der Waals surface area (Å²) in [5.41, 5.74) is 8.87. The van der Waals surface area contributed by atoms with Gasteiger partial charge in [0.05, 0.1) is 40.6 Å². The van der Waals surface area contributed by atoms with Crippen LogP contribution in [0.3, 0.4) is 0 Å². The highest BCUT2D eigenvalue weighted by atomic mass is 16.5. The number of benzene rings is 2. The number of fused-ring (bicyclic) bond motifs is 1. The summed E-state index contributed by atoms with van der Waals surface area (Å²) in [5.74, 6) is 3.85. The molecule has 4 aromatic rings. The molecule has 0 amide bonds. The molecule has 0 unspecified atom stereocenters. The number of aromatic amines is 1. The third-order valence-electron chi connectivity index (χ3n) is 7.34. The second kappa shape index (κ2) is 11.6. The van der Waals surface area contributed by atoms with Gasteiger partial charge in [-0.05, 0) is 74.9 Å². The monoisotopic (exact) mass is 548 g/mol. The topological polar surface area (TPSA) is 118 Å². The van der Waals surface area contributed by atoms with Crippen molar-refractivity contribution in [3.8, 4) is 23.0 Å².